The third kappa shape index (κ3) is 4.97. The van der Waals surface area contributed by atoms with Crippen molar-refractivity contribution >= 4 is 23.2 Å². The van der Waals surface area contributed by atoms with Gasteiger partial charge < -0.3 is 10.2 Å². The Balaban J connectivity index is 1.60. The summed E-state index contributed by atoms with van der Waals surface area (Å²) in [6.07, 6.45) is 4.40. The first-order valence-corrected chi connectivity index (χ1v) is 8.89. The molecule has 0 radical (unpaired) electrons. The van der Waals surface area contributed by atoms with Gasteiger partial charge in [-0.05, 0) is 55.3 Å². The molecule has 1 amide bonds. The number of pyridine rings is 1. The van der Waals surface area contributed by atoms with Crippen LogP contribution in [0.3, 0.4) is 0 Å². The zero-order chi connectivity index (χ0) is 19.9. The summed E-state index contributed by atoms with van der Waals surface area (Å²) in [4.78, 5) is 29.8. The predicted octanol–water partition coefficient (Wildman–Crippen LogP) is 3.01. The third-order valence-electron chi connectivity index (χ3n) is 4.29. The summed E-state index contributed by atoms with van der Waals surface area (Å²) in [5, 5.41) is 10.9. The summed E-state index contributed by atoms with van der Waals surface area (Å²) < 4.78 is 0. The first kappa shape index (κ1) is 19.2. The van der Waals surface area contributed by atoms with Crippen LogP contribution in [0, 0.1) is 0 Å². The van der Waals surface area contributed by atoms with Gasteiger partial charge in [-0.25, -0.2) is 0 Å². The molecule has 7 heteroatoms. The van der Waals surface area contributed by atoms with E-state index in [1.54, 1.807) is 48.8 Å². The van der Waals surface area contributed by atoms with Crippen LogP contribution in [0.1, 0.15) is 33.3 Å². The fraction of sp³-hybridized carbons (Fsp3) is 0.190. The first-order valence-electron chi connectivity index (χ1n) is 8.89. The van der Waals surface area contributed by atoms with Gasteiger partial charge in [0.2, 0.25) is 0 Å². The molecule has 0 aliphatic rings. The van der Waals surface area contributed by atoms with Gasteiger partial charge in [0.05, 0.1) is 0 Å². The second-order valence-electron chi connectivity index (χ2n) is 6.39. The van der Waals surface area contributed by atoms with Gasteiger partial charge in [-0.1, -0.05) is 12.1 Å². The second-order valence-corrected chi connectivity index (χ2v) is 6.39. The Morgan fingerprint density at radius 3 is 2.50 bits per heavy atom. The largest absolute Gasteiger partial charge is 0.358 e. The van der Waals surface area contributed by atoms with E-state index >= 15 is 0 Å². The second kappa shape index (κ2) is 8.85. The maximum absolute atomic E-state index is 12.4. The molecule has 142 valence electrons. The molecule has 7 nitrogen and oxygen atoms in total. The van der Waals surface area contributed by atoms with Crippen LogP contribution in [0.4, 0.5) is 11.5 Å². The minimum absolute atomic E-state index is 0.0601. The number of hydrogen-bond acceptors (Lipinski definition) is 6. The van der Waals surface area contributed by atoms with Crippen LogP contribution < -0.4 is 10.2 Å². The minimum atomic E-state index is -0.376. The van der Waals surface area contributed by atoms with Crippen LogP contribution in [0.5, 0.6) is 0 Å². The van der Waals surface area contributed by atoms with E-state index < -0.39 is 0 Å². The number of hydrogen-bond donors (Lipinski definition) is 1. The first-order chi connectivity index (χ1) is 13.5. The molecular weight excluding hydrogens is 354 g/mol. The minimum Gasteiger partial charge on any atom is -0.358 e. The Bertz CT molecular complexity index is 958. The van der Waals surface area contributed by atoms with Crippen LogP contribution in [-0.4, -0.2) is 40.5 Å². The SMILES string of the molecule is CC(=O)c1cccc(NC(=O)c2ccc(N(C)CCc3ccncc3)nn2)c1. The average molecular weight is 375 g/mol. The molecule has 28 heavy (non-hydrogen) atoms. The van der Waals surface area contributed by atoms with Crippen LogP contribution in [0.25, 0.3) is 0 Å². The van der Waals surface area contributed by atoms with Crippen molar-refractivity contribution < 1.29 is 9.59 Å². The van der Waals surface area contributed by atoms with Crippen molar-refractivity contribution in [2.24, 2.45) is 0 Å². The summed E-state index contributed by atoms with van der Waals surface area (Å²) >= 11 is 0. The summed E-state index contributed by atoms with van der Waals surface area (Å²) in [6.45, 7) is 2.25. The van der Waals surface area contributed by atoms with Gasteiger partial charge in [0.25, 0.3) is 5.91 Å². The van der Waals surface area contributed by atoms with E-state index in [2.05, 4.69) is 20.5 Å². The Labute approximate surface area is 163 Å². The topological polar surface area (TPSA) is 88.1 Å². The lowest BCUT2D eigenvalue weighted by atomic mass is 10.1. The third-order valence-corrected chi connectivity index (χ3v) is 4.29. The van der Waals surface area contributed by atoms with Gasteiger partial charge in [0.15, 0.2) is 17.3 Å². The van der Waals surface area contributed by atoms with Crippen LogP contribution in [0.15, 0.2) is 60.9 Å². The lowest BCUT2D eigenvalue weighted by Crippen LogP contribution is -2.22. The zero-order valence-electron chi connectivity index (χ0n) is 15.8. The lowest BCUT2D eigenvalue weighted by Gasteiger charge is -2.17. The number of nitrogens with zero attached hydrogens (tertiary/aromatic N) is 4. The number of amides is 1. The number of aromatic nitrogens is 3. The molecule has 2 heterocycles. The Kier molecular flexibility index (Phi) is 6.06. The van der Waals surface area contributed by atoms with Crippen molar-refractivity contribution in [3.63, 3.8) is 0 Å². The molecule has 0 aliphatic carbocycles. The van der Waals surface area contributed by atoms with E-state index in [4.69, 9.17) is 0 Å². The maximum Gasteiger partial charge on any atom is 0.276 e. The van der Waals surface area contributed by atoms with Crippen molar-refractivity contribution in [1.82, 2.24) is 15.2 Å². The van der Waals surface area contributed by atoms with Gasteiger partial charge in [0.1, 0.15) is 0 Å². The van der Waals surface area contributed by atoms with Crippen molar-refractivity contribution in [1.29, 1.82) is 0 Å². The molecule has 0 fully saturated rings. The molecule has 0 saturated heterocycles. The fourth-order valence-corrected chi connectivity index (χ4v) is 2.62. The fourth-order valence-electron chi connectivity index (χ4n) is 2.62. The molecule has 3 aromatic rings. The molecule has 1 N–H and O–H groups in total. The highest BCUT2D eigenvalue weighted by Gasteiger charge is 2.11. The molecule has 2 aromatic heterocycles. The number of anilines is 2. The Morgan fingerprint density at radius 1 is 1.04 bits per heavy atom. The normalized spacial score (nSPS) is 10.4. The number of likely N-dealkylation sites (N-methyl/N-ethyl adjacent to an activating group) is 1. The van der Waals surface area contributed by atoms with Gasteiger partial charge in [-0.3, -0.25) is 14.6 Å². The number of ketones is 1. The van der Waals surface area contributed by atoms with Crippen LogP contribution in [0.2, 0.25) is 0 Å². The van der Waals surface area contributed by atoms with Crippen molar-refractivity contribution in [2.75, 3.05) is 23.8 Å². The van der Waals surface area contributed by atoms with E-state index in [0.717, 1.165) is 13.0 Å². The predicted molar refractivity (Wildman–Crippen MR) is 108 cm³/mol. The van der Waals surface area contributed by atoms with E-state index in [1.165, 1.54) is 12.5 Å². The van der Waals surface area contributed by atoms with E-state index in [0.29, 0.717) is 17.1 Å². The maximum atomic E-state index is 12.4. The number of nitrogens with one attached hydrogen (secondary N) is 1. The quantitative estimate of drug-likeness (QED) is 0.639. The summed E-state index contributed by atoms with van der Waals surface area (Å²) in [7, 11) is 1.93. The zero-order valence-corrected chi connectivity index (χ0v) is 15.8. The molecule has 0 aliphatic heterocycles. The van der Waals surface area contributed by atoms with Gasteiger partial charge in [-0.2, -0.15) is 0 Å². The summed E-state index contributed by atoms with van der Waals surface area (Å²) in [6, 6.07) is 14.1. The van der Waals surface area contributed by atoms with Crippen molar-refractivity contribution in [3.8, 4) is 0 Å². The number of Topliss-reactive ketones (excluding diaryl/α,β-unsaturated/α-hetero) is 1. The molecule has 0 atom stereocenters. The number of rotatable bonds is 7. The highest BCUT2D eigenvalue weighted by atomic mass is 16.2. The van der Waals surface area contributed by atoms with E-state index in [9.17, 15) is 9.59 Å². The molecule has 0 bridgehead atoms. The highest BCUT2D eigenvalue weighted by molar-refractivity contribution is 6.03. The monoisotopic (exact) mass is 375 g/mol. The molecule has 1 aromatic carbocycles. The number of benzene rings is 1. The highest BCUT2D eigenvalue weighted by Crippen LogP contribution is 2.13. The van der Waals surface area contributed by atoms with E-state index in [1.807, 2.05) is 24.1 Å². The number of carbonyl (C=O) groups is 2. The molecule has 0 spiro atoms. The molecular formula is C21H21N5O2. The summed E-state index contributed by atoms with van der Waals surface area (Å²) in [5.41, 5.74) is 2.48. The van der Waals surface area contributed by atoms with E-state index in [-0.39, 0.29) is 17.4 Å². The van der Waals surface area contributed by atoms with Crippen LogP contribution >= 0.6 is 0 Å². The summed E-state index contributed by atoms with van der Waals surface area (Å²) in [5.74, 6) is 0.249. The average Bonchev–Trinajstić information content (AvgIpc) is 2.73. The standard InChI is InChI=1S/C21H21N5O2/c1-15(27)17-4-3-5-18(14-17)23-21(28)19-6-7-20(25-24-19)26(2)13-10-16-8-11-22-12-9-16/h3-9,11-12,14H,10,13H2,1-2H3,(H,23,28). The molecule has 3 rings (SSSR count). The lowest BCUT2D eigenvalue weighted by molar-refractivity contribution is 0.100. The molecule has 0 saturated carbocycles. The Hall–Kier alpha value is -3.61. The van der Waals surface area contributed by atoms with Crippen molar-refractivity contribution in [2.45, 2.75) is 13.3 Å². The van der Waals surface area contributed by atoms with Crippen molar-refractivity contribution in [3.05, 3.63) is 77.7 Å². The van der Waals surface area contributed by atoms with Gasteiger partial charge in [0, 0.05) is 37.2 Å². The smallest absolute Gasteiger partial charge is 0.276 e. The van der Waals surface area contributed by atoms with Gasteiger partial charge in [-0.15, -0.1) is 10.2 Å². The molecule has 0 unspecified atom stereocenters. The number of carbonyl (C=O) groups excluding carboxylic acids is 2. The Morgan fingerprint density at radius 2 is 1.82 bits per heavy atom. The van der Waals surface area contributed by atoms with Crippen LogP contribution in [-0.2, 0) is 6.42 Å². The van der Waals surface area contributed by atoms with Gasteiger partial charge >= 0.3 is 0 Å².